The molecule has 0 aromatic carbocycles. The highest BCUT2D eigenvalue weighted by molar-refractivity contribution is 9.10. The van der Waals surface area contributed by atoms with Crippen molar-refractivity contribution in [3.05, 3.63) is 26.8 Å². The predicted molar refractivity (Wildman–Crippen MR) is 59.8 cm³/mol. The van der Waals surface area contributed by atoms with Crippen molar-refractivity contribution in [2.75, 3.05) is 0 Å². The van der Waals surface area contributed by atoms with Crippen molar-refractivity contribution in [3.63, 3.8) is 0 Å². The molecule has 1 saturated carbocycles. The van der Waals surface area contributed by atoms with Gasteiger partial charge in [0.1, 0.15) is 4.47 Å². The molecule has 0 bridgehead atoms. The lowest BCUT2D eigenvalue weighted by Gasteiger charge is -2.17. The van der Waals surface area contributed by atoms with Crippen molar-refractivity contribution >= 4 is 15.9 Å². The average molecular weight is 273 g/mol. The van der Waals surface area contributed by atoms with E-state index in [9.17, 15) is 9.90 Å². The van der Waals surface area contributed by atoms with Gasteiger partial charge in [-0.15, -0.1) is 0 Å². The van der Waals surface area contributed by atoms with Crippen LogP contribution in [0.25, 0.3) is 0 Å². The van der Waals surface area contributed by atoms with Gasteiger partial charge in [-0.1, -0.05) is 0 Å². The number of aliphatic hydroxyl groups is 1. The summed E-state index contributed by atoms with van der Waals surface area (Å²) in [6.07, 6.45) is 3.69. The van der Waals surface area contributed by atoms with E-state index in [0.717, 1.165) is 19.3 Å². The largest absolute Gasteiger partial charge is 0.391 e. The monoisotopic (exact) mass is 272 g/mol. The Morgan fingerprint density at radius 2 is 2.33 bits per heavy atom. The van der Waals surface area contributed by atoms with E-state index in [1.165, 1.54) is 10.9 Å². The van der Waals surface area contributed by atoms with Crippen molar-refractivity contribution in [2.45, 2.75) is 38.3 Å². The van der Waals surface area contributed by atoms with Crippen molar-refractivity contribution in [1.29, 1.82) is 0 Å². The molecule has 0 aliphatic heterocycles. The van der Waals surface area contributed by atoms with E-state index in [4.69, 9.17) is 0 Å². The first kappa shape index (κ1) is 10.8. The number of halogens is 1. The summed E-state index contributed by atoms with van der Waals surface area (Å²) in [7, 11) is 0. The SMILES string of the molecule is Cc1ncn([C@H]2CCC[C@@H]2O)c(=O)c1Br. The van der Waals surface area contributed by atoms with E-state index in [1.54, 1.807) is 6.92 Å². The van der Waals surface area contributed by atoms with Gasteiger partial charge in [-0.2, -0.15) is 0 Å². The summed E-state index contributed by atoms with van der Waals surface area (Å²) >= 11 is 3.22. The van der Waals surface area contributed by atoms with E-state index in [-0.39, 0.29) is 11.6 Å². The third kappa shape index (κ3) is 1.86. The van der Waals surface area contributed by atoms with Crippen LogP contribution in [0, 0.1) is 6.92 Å². The minimum Gasteiger partial charge on any atom is -0.391 e. The van der Waals surface area contributed by atoms with Gasteiger partial charge in [-0.05, 0) is 42.1 Å². The predicted octanol–water partition coefficient (Wildman–Crippen LogP) is 1.40. The van der Waals surface area contributed by atoms with Crippen molar-refractivity contribution in [3.8, 4) is 0 Å². The molecule has 2 atom stereocenters. The Labute approximate surface area is 96.1 Å². The molecule has 0 radical (unpaired) electrons. The van der Waals surface area contributed by atoms with Crippen LogP contribution in [0.5, 0.6) is 0 Å². The van der Waals surface area contributed by atoms with E-state index in [2.05, 4.69) is 20.9 Å². The maximum Gasteiger partial charge on any atom is 0.268 e. The summed E-state index contributed by atoms with van der Waals surface area (Å²) in [4.78, 5) is 16.0. The molecule has 0 spiro atoms. The summed E-state index contributed by atoms with van der Waals surface area (Å²) in [5.41, 5.74) is 0.581. The van der Waals surface area contributed by atoms with Crippen LogP contribution in [0.2, 0.25) is 0 Å². The lowest BCUT2D eigenvalue weighted by Crippen LogP contribution is -2.30. The fourth-order valence-corrected chi connectivity index (χ4v) is 2.31. The van der Waals surface area contributed by atoms with Gasteiger partial charge in [0.05, 0.1) is 24.2 Å². The molecule has 1 N–H and O–H groups in total. The Morgan fingerprint density at radius 1 is 1.60 bits per heavy atom. The minimum absolute atomic E-state index is 0.103. The minimum atomic E-state index is -0.417. The molecule has 0 amide bonds. The van der Waals surface area contributed by atoms with E-state index >= 15 is 0 Å². The van der Waals surface area contributed by atoms with Crippen molar-refractivity contribution in [2.24, 2.45) is 0 Å². The lowest BCUT2D eigenvalue weighted by molar-refractivity contribution is 0.134. The van der Waals surface area contributed by atoms with Crippen LogP contribution in [0.4, 0.5) is 0 Å². The van der Waals surface area contributed by atoms with Crippen LogP contribution in [0.15, 0.2) is 15.6 Å². The van der Waals surface area contributed by atoms with Gasteiger partial charge in [0, 0.05) is 0 Å². The summed E-state index contributed by atoms with van der Waals surface area (Å²) in [5.74, 6) is 0. The Morgan fingerprint density at radius 3 is 2.93 bits per heavy atom. The third-order valence-electron chi connectivity index (χ3n) is 2.92. The van der Waals surface area contributed by atoms with Crippen LogP contribution in [0.3, 0.4) is 0 Å². The maximum atomic E-state index is 11.9. The summed E-state index contributed by atoms with van der Waals surface area (Å²) in [5, 5.41) is 9.72. The van der Waals surface area contributed by atoms with Crippen LogP contribution >= 0.6 is 15.9 Å². The first-order valence-electron chi connectivity index (χ1n) is 5.02. The maximum absolute atomic E-state index is 11.9. The van der Waals surface area contributed by atoms with Crippen molar-refractivity contribution < 1.29 is 5.11 Å². The highest BCUT2D eigenvalue weighted by Gasteiger charge is 2.28. The Balaban J connectivity index is 2.45. The van der Waals surface area contributed by atoms with Crippen LogP contribution in [-0.4, -0.2) is 20.8 Å². The molecule has 4 nitrogen and oxygen atoms in total. The highest BCUT2D eigenvalue weighted by Crippen LogP contribution is 2.28. The standard InChI is InChI=1S/C10H13BrN2O2/c1-6-9(11)10(15)13(5-12-6)7-3-2-4-8(7)14/h5,7-8,14H,2-4H2,1H3/t7-,8-/m0/s1. The second-order valence-electron chi connectivity index (χ2n) is 3.92. The molecule has 1 heterocycles. The highest BCUT2D eigenvalue weighted by atomic mass is 79.9. The molecule has 1 aliphatic carbocycles. The second kappa shape index (κ2) is 4.06. The summed E-state index contributed by atoms with van der Waals surface area (Å²) < 4.78 is 2.03. The first-order chi connectivity index (χ1) is 7.11. The first-order valence-corrected chi connectivity index (χ1v) is 5.82. The second-order valence-corrected chi connectivity index (χ2v) is 4.71. The van der Waals surface area contributed by atoms with Gasteiger partial charge < -0.3 is 5.11 Å². The molecule has 1 aliphatic rings. The van der Waals surface area contributed by atoms with Gasteiger partial charge in [0.15, 0.2) is 0 Å². The van der Waals surface area contributed by atoms with Crippen LogP contribution in [-0.2, 0) is 0 Å². The molecule has 1 fully saturated rings. The van der Waals surface area contributed by atoms with Crippen LogP contribution < -0.4 is 5.56 Å². The van der Waals surface area contributed by atoms with E-state index in [0.29, 0.717) is 10.2 Å². The number of aromatic nitrogens is 2. The van der Waals surface area contributed by atoms with E-state index in [1.807, 2.05) is 0 Å². The van der Waals surface area contributed by atoms with Gasteiger partial charge in [-0.3, -0.25) is 9.36 Å². The smallest absolute Gasteiger partial charge is 0.268 e. The zero-order valence-electron chi connectivity index (χ0n) is 8.48. The van der Waals surface area contributed by atoms with Gasteiger partial charge in [-0.25, -0.2) is 4.98 Å². The number of rotatable bonds is 1. The van der Waals surface area contributed by atoms with Crippen molar-refractivity contribution in [1.82, 2.24) is 9.55 Å². The van der Waals surface area contributed by atoms with Gasteiger partial charge in [0.25, 0.3) is 5.56 Å². The quantitative estimate of drug-likeness (QED) is 0.841. The molecule has 2 rings (SSSR count). The molecule has 1 aromatic heterocycles. The fourth-order valence-electron chi connectivity index (χ4n) is 2.01. The summed E-state index contributed by atoms with van der Waals surface area (Å²) in [6, 6.07) is -0.109. The topological polar surface area (TPSA) is 55.1 Å². The molecular formula is C10H13BrN2O2. The number of hydrogen-bond donors (Lipinski definition) is 1. The lowest BCUT2D eigenvalue weighted by atomic mass is 10.2. The number of hydrogen-bond acceptors (Lipinski definition) is 3. The zero-order chi connectivity index (χ0) is 11.0. The summed E-state index contributed by atoms with van der Waals surface area (Å²) in [6.45, 7) is 1.78. The average Bonchev–Trinajstić information content (AvgIpc) is 2.62. The van der Waals surface area contributed by atoms with E-state index < -0.39 is 6.10 Å². The Bertz CT molecular complexity index is 430. The Hall–Kier alpha value is -0.680. The third-order valence-corrected chi connectivity index (χ3v) is 3.83. The van der Waals surface area contributed by atoms with Gasteiger partial charge >= 0.3 is 0 Å². The molecule has 0 unspecified atom stereocenters. The zero-order valence-corrected chi connectivity index (χ0v) is 10.1. The molecule has 15 heavy (non-hydrogen) atoms. The number of aliphatic hydroxyl groups excluding tert-OH is 1. The molecule has 5 heteroatoms. The Kier molecular flexibility index (Phi) is 2.93. The fraction of sp³-hybridized carbons (Fsp3) is 0.600. The normalized spacial score (nSPS) is 25.8. The molecule has 82 valence electrons. The van der Waals surface area contributed by atoms with Crippen LogP contribution in [0.1, 0.15) is 31.0 Å². The molecule has 0 saturated heterocycles. The molecule has 1 aromatic rings. The number of nitrogens with zero attached hydrogens (tertiary/aromatic N) is 2. The van der Waals surface area contributed by atoms with Gasteiger partial charge in [0.2, 0.25) is 0 Å². The number of aryl methyl sites for hydroxylation is 1. The molecular weight excluding hydrogens is 260 g/mol.